The number of hydrogen-bond acceptors (Lipinski definition) is 4. The van der Waals surface area contributed by atoms with Crippen molar-refractivity contribution in [3.63, 3.8) is 0 Å². The minimum absolute atomic E-state index is 0.0400. The highest BCUT2D eigenvalue weighted by atomic mass is 32.2. The van der Waals surface area contributed by atoms with Crippen molar-refractivity contribution in [1.82, 2.24) is 0 Å². The number of guanidine groups is 1. The average molecular weight is 224 g/mol. The van der Waals surface area contributed by atoms with Gasteiger partial charge in [-0.3, -0.25) is 10.1 Å². The maximum Gasteiger partial charge on any atom is 0.269 e. The van der Waals surface area contributed by atoms with E-state index in [1.807, 2.05) is 0 Å². The Kier molecular flexibility index (Phi) is 3.81. The third-order valence-electron chi connectivity index (χ3n) is 1.45. The first-order chi connectivity index (χ1) is 7.13. The van der Waals surface area contributed by atoms with Crippen LogP contribution >= 0.6 is 11.9 Å². The van der Waals surface area contributed by atoms with E-state index in [0.29, 0.717) is 0 Å². The van der Waals surface area contributed by atoms with Crippen LogP contribution in [0.1, 0.15) is 0 Å². The molecule has 1 aromatic rings. The lowest BCUT2D eigenvalue weighted by Gasteiger charge is -1.95. The summed E-state index contributed by atoms with van der Waals surface area (Å²) in [7, 11) is 0. The summed E-state index contributed by atoms with van der Waals surface area (Å²) >= 11 is 1.08. The number of benzene rings is 1. The van der Waals surface area contributed by atoms with E-state index in [-0.39, 0.29) is 11.6 Å². The van der Waals surface area contributed by atoms with Gasteiger partial charge in [-0.1, -0.05) is 0 Å². The van der Waals surface area contributed by atoms with Gasteiger partial charge in [0.2, 0.25) is 5.96 Å². The van der Waals surface area contributed by atoms with E-state index in [2.05, 4.69) is 16.1 Å². The number of non-ortho nitro benzene ring substituents is 1. The highest BCUT2D eigenvalue weighted by Gasteiger charge is 2.03. The van der Waals surface area contributed by atoms with Crippen LogP contribution in [0.15, 0.2) is 38.6 Å². The van der Waals surface area contributed by atoms with E-state index in [1.165, 1.54) is 12.1 Å². The monoisotopic (exact) mass is 224 g/mol. The van der Waals surface area contributed by atoms with Gasteiger partial charge in [-0.25, -0.2) is 4.99 Å². The van der Waals surface area contributed by atoms with Gasteiger partial charge in [-0.15, -0.1) is 0 Å². The molecule has 15 heavy (non-hydrogen) atoms. The molecule has 0 spiro atoms. The van der Waals surface area contributed by atoms with Gasteiger partial charge in [0.05, 0.1) is 4.92 Å². The van der Waals surface area contributed by atoms with Crippen molar-refractivity contribution in [2.24, 2.45) is 15.1 Å². The zero-order valence-electron chi connectivity index (χ0n) is 7.66. The van der Waals surface area contributed by atoms with Crippen molar-refractivity contribution in [3.8, 4) is 0 Å². The summed E-state index contributed by atoms with van der Waals surface area (Å²) in [5.41, 5.74) is 5.33. The Morgan fingerprint density at radius 2 is 2.07 bits per heavy atom. The molecule has 2 N–H and O–H groups in total. The number of nitrogens with zero attached hydrogens (tertiary/aromatic N) is 3. The lowest BCUT2D eigenvalue weighted by atomic mass is 10.3. The molecule has 0 bridgehead atoms. The predicted molar refractivity (Wildman–Crippen MR) is 60.1 cm³/mol. The molecule has 1 aromatic carbocycles. The van der Waals surface area contributed by atoms with Crippen molar-refractivity contribution in [1.29, 1.82) is 0 Å². The van der Waals surface area contributed by atoms with Crippen LogP contribution in [0.5, 0.6) is 0 Å². The van der Waals surface area contributed by atoms with Crippen LogP contribution in [-0.2, 0) is 0 Å². The lowest BCUT2D eigenvalue weighted by molar-refractivity contribution is -0.384. The fourth-order valence-corrected chi connectivity index (χ4v) is 1.27. The molecule has 0 heterocycles. The number of nitro groups is 1. The Bertz CT molecular complexity index is 402. The zero-order valence-corrected chi connectivity index (χ0v) is 8.48. The van der Waals surface area contributed by atoms with Gasteiger partial charge in [0.25, 0.3) is 5.69 Å². The fourth-order valence-electron chi connectivity index (χ4n) is 0.757. The first-order valence-corrected chi connectivity index (χ1v) is 4.62. The number of aliphatic imine (C=N–C) groups is 1. The Morgan fingerprint density at radius 3 is 2.53 bits per heavy atom. The summed E-state index contributed by atoms with van der Waals surface area (Å²) in [4.78, 5) is 14.0. The Balaban J connectivity index is 2.73. The average Bonchev–Trinajstić information content (AvgIpc) is 2.26. The van der Waals surface area contributed by atoms with Gasteiger partial charge in [-0.05, 0) is 18.9 Å². The van der Waals surface area contributed by atoms with Crippen LogP contribution in [0.2, 0.25) is 0 Å². The molecule has 0 aliphatic heterocycles. The van der Waals surface area contributed by atoms with Crippen molar-refractivity contribution in [2.45, 2.75) is 4.90 Å². The molecule has 0 aliphatic rings. The van der Waals surface area contributed by atoms with Crippen LogP contribution in [0.3, 0.4) is 0 Å². The second-order valence-corrected chi connectivity index (χ2v) is 3.29. The molecule has 0 aliphatic carbocycles. The molecule has 1 rings (SSSR count). The van der Waals surface area contributed by atoms with E-state index < -0.39 is 4.92 Å². The number of rotatable bonds is 3. The van der Waals surface area contributed by atoms with Crippen LogP contribution in [0, 0.1) is 10.1 Å². The van der Waals surface area contributed by atoms with E-state index in [0.717, 1.165) is 16.8 Å². The van der Waals surface area contributed by atoms with Crippen LogP contribution in [0.4, 0.5) is 5.69 Å². The van der Waals surface area contributed by atoms with Crippen LogP contribution in [0.25, 0.3) is 0 Å². The molecular weight excluding hydrogens is 216 g/mol. The summed E-state index contributed by atoms with van der Waals surface area (Å²) in [5.74, 6) is 0.0679. The molecule has 0 atom stereocenters. The van der Waals surface area contributed by atoms with Crippen molar-refractivity contribution in [3.05, 3.63) is 34.4 Å². The fraction of sp³-hybridized carbons (Fsp3) is 0. The molecule has 0 amide bonds. The zero-order chi connectivity index (χ0) is 11.3. The standard InChI is InChI=1S/C8H8N4O2S/c1-10-8(9)11-15-7-4-2-6(3-5-7)12(13)14/h2-5H,1H2,(H2,9,11). The van der Waals surface area contributed by atoms with Gasteiger partial charge >= 0.3 is 0 Å². The normalized spacial score (nSPS) is 11.1. The SMILES string of the molecule is C=NC(N)=NSc1ccc([N+](=O)[O-])cc1. The van der Waals surface area contributed by atoms with Crippen molar-refractivity contribution >= 4 is 30.3 Å². The molecular formula is C8H8N4O2S. The Labute approximate surface area is 90.2 Å². The third kappa shape index (κ3) is 3.39. The van der Waals surface area contributed by atoms with E-state index >= 15 is 0 Å². The largest absolute Gasteiger partial charge is 0.367 e. The lowest BCUT2D eigenvalue weighted by Crippen LogP contribution is -2.05. The highest BCUT2D eigenvalue weighted by molar-refractivity contribution is 7.98. The van der Waals surface area contributed by atoms with Gasteiger partial charge < -0.3 is 5.73 Å². The van der Waals surface area contributed by atoms with E-state index in [1.54, 1.807) is 12.1 Å². The maximum atomic E-state index is 10.4. The third-order valence-corrected chi connectivity index (χ3v) is 2.22. The first-order valence-electron chi connectivity index (χ1n) is 3.85. The summed E-state index contributed by atoms with van der Waals surface area (Å²) in [6.07, 6.45) is 0. The van der Waals surface area contributed by atoms with Crippen LogP contribution < -0.4 is 5.73 Å². The number of hydrogen-bond donors (Lipinski definition) is 1. The van der Waals surface area contributed by atoms with Gasteiger partial charge in [0.15, 0.2) is 0 Å². The molecule has 0 radical (unpaired) electrons. The molecule has 0 unspecified atom stereocenters. The summed E-state index contributed by atoms with van der Waals surface area (Å²) in [6.45, 7) is 3.20. The topological polar surface area (TPSA) is 93.9 Å². The van der Waals surface area contributed by atoms with Crippen molar-refractivity contribution < 1.29 is 4.92 Å². The first kappa shape index (κ1) is 11.2. The minimum Gasteiger partial charge on any atom is -0.367 e. The maximum absolute atomic E-state index is 10.4. The number of nitrogens with two attached hydrogens (primary N) is 1. The predicted octanol–water partition coefficient (Wildman–Crippen LogP) is 1.62. The second kappa shape index (κ2) is 5.11. The van der Waals surface area contributed by atoms with Crippen molar-refractivity contribution in [2.75, 3.05) is 0 Å². The number of nitro benzene ring substituents is 1. The van der Waals surface area contributed by atoms with E-state index in [4.69, 9.17) is 5.73 Å². The summed E-state index contributed by atoms with van der Waals surface area (Å²) in [5, 5.41) is 10.4. The molecule has 0 fully saturated rings. The quantitative estimate of drug-likeness (QED) is 0.277. The second-order valence-electron chi connectivity index (χ2n) is 2.45. The summed E-state index contributed by atoms with van der Waals surface area (Å²) < 4.78 is 3.80. The molecule has 0 aromatic heterocycles. The minimum atomic E-state index is -0.461. The molecule has 0 saturated heterocycles. The molecule has 78 valence electrons. The summed E-state index contributed by atoms with van der Waals surface area (Å²) in [6, 6.07) is 5.97. The van der Waals surface area contributed by atoms with Gasteiger partial charge in [0, 0.05) is 29.0 Å². The smallest absolute Gasteiger partial charge is 0.269 e. The highest BCUT2D eigenvalue weighted by Crippen LogP contribution is 2.21. The van der Waals surface area contributed by atoms with E-state index in [9.17, 15) is 10.1 Å². The molecule has 0 saturated carbocycles. The van der Waals surface area contributed by atoms with Gasteiger partial charge in [0.1, 0.15) is 0 Å². The van der Waals surface area contributed by atoms with Gasteiger partial charge in [-0.2, -0.15) is 4.40 Å². The molecule has 6 nitrogen and oxygen atoms in total. The Hall–Kier alpha value is -1.89. The van der Waals surface area contributed by atoms with Crippen LogP contribution in [-0.4, -0.2) is 17.6 Å². The Morgan fingerprint density at radius 1 is 1.47 bits per heavy atom. The molecule has 7 heteroatoms.